The van der Waals surface area contributed by atoms with E-state index in [9.17, 15) is 5.11 Å². The van der Waals surface area contributed by atoms with Gasteiger partial charge in [-0.15, -0.1) is 0 Å². The molecule has 2 N–H and O–H groups in total. The number of nitrogens with one attached hydrogen (secondary N) is 1. The largest absolute Gasteiger partial charge is 0.508 e. The number of benzene rings is 1. The Balaban J connectivity index is 1.71. The SMILES string of the molecule is Cc1ccc(O)c(CNCC(C)CN2CCCC2)c1. The fourth-order valence-corrected chi connectivity index (χ4v) is 2.78. The molecule has 2 rings (SSSR count). The Labute approximate surface area is 116 Å². The Bertz CT molecular complexity index is 400. The highest BCUT2D eigenvalue weighted by Crippen LogP contribution is 2.18. The smallest absolute Gasteiger partial charge is 0.120 e. The molecule has 3 nitrogen and oxygen atoms in total. The van der Waals surface area contributed by atoms with Crippen LogP contribution in [0.25, 0.3) is 0 Å². The first-order valence-electron chi connectivity index (χ1n) is 7.36. The first kappa shape index (κ1) is 14.4. The van der Waals surface area contributed by atoms with Crippen LogP contribution in [0.1, 0.15) is 30.9 Å². The maximum absolute atomic E-state index is 9.78. The highest BCUT2D eigenvalue weighted by molar-refractivity contribution is 5.35. The van der Waals surface area contributed by atoms with E-state index in [4.69, 9.17) is 0 Å². The van der Waals surface area contributed by atoms with Gasteiger partial charge >= 0.3 is 0 Å². The standard InChI is InChI=1S/C16H26N2O/c1-13-5-6-16(19)15(9-13)11-17-10-14(2)12-18-7-3-4-8-18/h5-6,9,14,17,19H,3-4,7-8,10-12H2,1-2H3. The van der Waals surface area contributed by atoms with E-state index in [1.807, 2.05) is 12.1 Å². The molecule has 0 aliphatic carbocycles. The lowest BCUT2D eigenvalue weighted by atomic mass is 10.1. The van der Waals surface area contributed by atoms with E-state index in [1.54, 1.807) is 6.07 Å². The van der Waals surface area contributed by atoms with Crippen molar-refractivity contribution >= 4 is 0 Å². The molecule has 1 saturated heterocycles. The van der Waals surface area contributed by atoms with Crippen molar-refractivity contribution in [2.45, 2.75) is 33.2 Å². The van der Waals surface area contributed by atoms with Gasteiger partial charge in [0.1, 0.15) is 5.75 Å². The van der Waals surface area contributed by atoms with Crippen molar-refractivity contribution in [1.82, 2.24) is 10.2 Å². The van der Waals surface area contributed by atoms with Crippen LogP contribution >= 0.6 is 0 Å². The van der Waals surface area contributed by atoms with Crippen molar-refractivity contribution in [2.75, 3.05) is 26.2 Å². The topological polar surface area (TPSA) is 35.5 Å². The molecule has 1 aliphatic rings. The number of aryl methyl sites for hydroxylation is 1. The molecule has 1 atom stereocenters. The van der Waals surface area contributed by atoms with E-state index in [1.165, 1.54) is 38.0 Å². The molecule has 106 valence electrons. The van der Waals surface area contributed by atoms with Crippen molar-refractivity contribution in [2.24, 2.45) is 5.92 Å². The van der Waals surface area contributed by atoms with E-state index in [0.29, 0.717) is 11.7 Å². The average molecular weight is 262 g/mol. The minimum atomic E-state index is 0.394. The highest BCUT2D eigenvalue weighted by Gasteiger charge is 2.14. The number of aromatic hydroxyl groups is 1. The lowest BCUT2D eigenvalue weighted by Gasteiger charge is -2.20. The molecule has 0 aromatic heterocycles. The monoisotopic (exact) mass is 262 g/mol. The molecule has 1 unspecified atom stereocenters. The molecule has 0 spiro atoms. The van der Waals surface area contributed by atoms with Gasteiger partial charge in [-0.1, -0.05) is 24.6 Å². The number of likely N-dealkylation sites (tertiary alicyclic amines) is 1. The normalized spacial score (nSPS) is 17.8. The third-order valence-corrected chi connectivity index (χ3v) is 3.81. The summed E-state index contributed by atoms with van der Waals surface area (Å²) in [6.45, 7) is 9.82. The predicted octanol–water partition coefficient (Wildman–Crippen LogP) is 2.52. The summed E-state index contributed by atoms with van der Waals surface area (Å²) in [5.74, 6) is 1.05. The number of phenols is 1. The van der Waals surface area contributed by atoms with E-state index >= 15 is 0 Å². The zero-order chi connectivity index (χ0) is 13.7. The summed E-state index contributed by atoms with van der Waals surface area (Å²) in [4.78, 5) is 2.55. The third kappa shape index (κ3) is 4.51. The second-order valence-electron chi connectivity index (χ2n) is 5.88. The average Bonchev–Trinajstić information content (AvgIpc) is 2.86. The summed E-state index contributed by atoms with van der Waals surface area (Å²) in [6, 6.07) is 5.77. The molecule has 1 heterocycles. The van der Waals surface area contributed by atoms with Crippen LogP contribution in [0, 0.1) is 12.8 Å². The van der Waals surface area contributed by atoms with E-state index in [-0.39, 0.29) is 0 Å². The molecule has 0 radical (unpaired) electrons. The zero-order valence-electron chi connectivity index (χ0n) is 12.2. The van der Waals surface area contributed by atoms with Crippen LogP contribution < -0.4 is 5.32 Å². The Morgan fingerprint density at radius 2 is 2.05 bits per heavy atom. The van der Waals surface area contributed by atoms with Gasteiger partial charge in [0.25, 0.3) is 0 Å². The molecule has 1 aromatic rings. The summed E-state index contributed by atoms with van der Waals surface area (Å²) in [7, 11) is 0. The van der Waals surface area contributed by atoms with Crippen molar-refractivity contribution in [3.63, 3.8) is 0 Å². The van der Waals surface area contributed by atoms with E-state index < -0.39 is 0 Å². The number of phenolic OH excluding ortho intramolecular Hbond substituents is 1. The minimum absolute atomic E-state index is 0.394. The molecule has 1 aliphatic heterocycles. The van der Waals surface area contributed by atoms with Gasteiger partial charge in [0.15, 0.2) is 0 Å². The van der Waals surface area contributed by atoms with Crippen LogP contribution in [0.3, 0.4) is 0 Å². The molecule has 0 bridgehead atoms. The van der Waals surface area contributed by atoms with Gasteiger partial charge in [-0.05, 0) is 51.4 Å². The predicted molar refractivity (Wildman–Crippen MR) is 79.4 cm³/mol. The van der Waals surface area contributed by atoms with Gasteiger partial charge in [-0.25, -0.2) is 0 Å². The Kier molecular flexibility index (Phi) is 5.23. The summed E-state index contributed by atoms with van der Waals surface area (Å²) in [5.41, 5.74) is 2.19. The molecular formula is C16H26N2O. The van der Waals surface area contributed by atoms with Crippen LogP contribution in [-0.4, -0.2) is 36.2 Å². The summed E-state index contributed by atoms with van der Waals surface area (Å²) < 4.78 is 0. The van der Waals surface area contributed by atoms with Crippen LogP contribution in [0.15, 0.2) is 18.2 Å². The lowest BCUT2D eigenvalue weighted by molar-refractivity contribution is 0.282. The third-order valence-electron chi connectivity index (χ3n) is 3.81. The Hall–Kier alpha value is -1.06. The fourth-order valence-electron chi connectivity index (χ4n) is 2.78. The van der Waals surface area contributed by atoms with Gasteiger partial charge in [-0.2, -0.15) is 0 Å². The number of nitrogens with zero attached hydrogens (tertiary/aromatic N) is 1. The molecular weight excluding hydrogens is 236 g/mol. The molecule has 3 heteroatoms. The van der Waals surface area contributed by atoms with Gasteiger partial charge < -0.3 is 15.3 Å². The highest BCUT2D eigenvalue weighted by atomic mass is 16.3. The van der Waals surface area contributed by atoms with Crippen LogP contribution in [0.5, 0.6) is 5.75 Å². The molecule has 0 amide bonds. The van der Waals surface area contributed by atoms with Crippen molar-refractivity contribution in [3.8, 4) is 5.75 Å². The van der Waals surface area contributed by atoms with E-state index in [2.05, 4.69) is 24.1 Å². The van der Waals surface area contributed by atoms with Crippen LogP contribution in [0.4, 0.5) is 0 Å². The van der Waals surface area contributed by atoms with Gasteiger partial charge in [-0.3, -0.25) is 0 Å². The summed E-state index contributed by atoms with van der Waals surface area (Å²) in [6.07, 6.45) is 2.72. The molecule has 1 aromatic carbocycles. The zero-order valence-corrected chi connectivity index (χ0v) is 12.2. The van der Waals surface area contributed by atoms with E-state index in [0.717, 1.165) is 18.7 Å². The summed E-state index contributed by atoms with van der Waals surface area (Å²) >= 11 is 0. The second-order valence-corrected chi connectivity index (χ2v) is 5.88. The minimum Gasteiger partial charge on any atom is -0.508 e. The molecule has 1 fully saturated rings. The maximum atomic E-state index is 9.78. The van der Waals surface area contributed by atoms with Crippen molar-refractivity contribution < 1.29 is 5.11 Å². The quantitative estimate of drug-likeness (QED) is 0.827. The number of rotatable bonds is 6. The van der Waals surface area contributed by atoms with Gasteiger partial charge in [0.2, 0.25) is 0 Å². The van der Waals surface area contributed by atoms with Crippen molar-refractivity contribution in [3.05, 3.63) is 29.3 Å². The Morgan fingerprint density at radius 3 is 2.79 bits per heavy atom. The first-order chi connectivity index (χ1) is 9.15. The fraction of sp³-hybridized carbons (Fsp3) is 0.625. The number of hydrogen-bond donors (Lipinski definition) is 2. The maximum Gasteiger partial charge on any atom is 0.120 e. The van der Waals surface area contributed by atoms with Gasteiger partial charge in [0, 0.05) is 18.7 Å². The Morgan fingerprint density at radius 1 is 1.32 bits per heavy atom. The molecule has 0 saturated carbocycles. The second kappa shape index (κ2) is 6.92. The van der Waals surface area contributed by atoms with Crippen LogP contribution in [0.2, 0.25) is 0 Å². The van der Waals surface area contributed by atoms with Gasteiger partial charge in [0.05, 0.1) is 0 Å². The first-order valence-corrected chi connectivity index (χ1v) is 7.36. The summed E-state index contributed by atoms with van der Waals surface area (Å²) in [5, 5.41) is 13.2. The lowest BCUT2D eigenvalue weighted by Crippen LogP contribution is -2.31. The number of hydrogen-bond acceptors (Lipinski definition) is 3. The molecule has 19 heavy (non-hydrogen) atoms. The van der Waals surface area contributed by atoms with Crippen LogP contribution in [-0.2, 0) is 6.54 Å². The van der Waals surface area contributed by atoms with Crippen molar-refractivity contribution in [1.29, 1.82) is 0 Å².